The van der Waals surface area contributed by atoms with Gasteiger partial charge >= 0.3 is 11.8 Å². The van der Waals surface area contributed by atoms with Crippen molar-refractivity contribution in [3.05, 3.63) is 33.9 Å². The highest BCUT2D eigenvalue weighted by molar-refractivity contribution is 6.39. The molecule has 0 spiro atoms. The first-order valence-corrected chi connectivity index (χ1v) is 7.37. The van der Waals surface area contributed by atoms with Gasteiger partial charge in [-0.2, -0.15) is 0 Å². The van der Waals surface area contributed by atoms with Crippen molar-refractivity contribution >= 4 is 23.2 Å². The molecule has 1 aliphatic carbocycles. The van der Waals surface area contributed by atoms with Crippen LogP contribution in [0.1, 0.15) is 31.2 Å². The molecule has 0 saturated heterocycles. The normalized spacial score (nSPS) is 15.9. The Hall–Kier alpha value is -2.48. The van der Waals surface area contributed by atoms with Crippen molar-refractivity contribution in [3.63, 3.8) is 0 Å². The van der Waals surface area contributed by atoms with Crippen molar-refractivity contribution in [2.75, 3.05) is 11.9 Å². The zero-order valence-electron chi connectivity index (χ0n) is 12.8. The van der Waals surface area contributed by atoms with Crippen molar-refractivity contribution in [2.45, 2.75) is 38.2 Å². The molecule has 3 N–H and O–H groups in total. The van der Waals surface area contributed by atoms with Crippen molar-refractivity contribution in [3.8, 4) is 0 Å². The lowest BCUT2D eigenvalue weighted by Crippen LogP contribution is -2.44. The lowest BCUT2D eigenvalue weighted by molar-refractivity contribution is -0.384. The third-order valence-corrected chi connectivity index (χ3v) is 3.99. The highest BCUT2D eigenvalue weighted by atomic mass is 16.6. The standard InChI is InChI=1S/C15H19N3O5/c1-10-8-11(18(22)23)4-5-12(10)17-14(20)13(19)16-9-15(21)6-2-3-7-15/h4-5,8,21H,2-3,6-7,9H2,1H3,(H,16,19)(H,17,20). The van der Waals surface area contributed by atoms with Crippen molar-refractivity contribution in [1.29, 1.82) is 0 Å². The molecule has 124 valence electrons. The van der Waals surface area contributed by atoms with Crippen LogP contribution in [-0.2, 0) is 9.59 Å². The number of amides is 2. The van der Waals surface area contributed by atoms with Crippen LogP contribution in [0.15, 0.2) is 18.2 Å². The molecule has 0 bridgehead atoms. The number of hydrogen-bond donors (Lipinski definition) is 3. The average molecular weight is 321 g/mol. The number of benzene rings is 1. The van der Waals surface area contributed by atoms with Crippen LogP contribution in [0.3, 0.4) is 0 Å². The molecule has 1 aromatic carbocycles. The van der Waals surface area contributed by atoms with Gasteiger partial charge in [0.25, 0.3) is 5.69 Å². The van der Waals surface area contributed by atoms with E-state index in [1.165, 1.54) is 18.2 Å². The minimum absolute atomic E-state index is 0.0402. The minimum Gasteiger partial charge on any atom is -0.388 e. The van der Waals surface area contributed by atoms with Gasteiger partial charge in [-0.25, -0.2) is 0 Å². The first-order valence-electron chi connectivity index (χ1n) is 7.37. The number of anilines is 1. The maximum absolute atomic E-state index is 11.9. The smallest absolute Gasteiger partial charge is 0.313 e. The predicted molar refractivity (Wildman–Crippen MR) is 82.9 cm³/mol. The number of nitro benzene ring substituents is 1. The van der Waals surface area contributed by atoms with Gasteiger partial charge in [-0.3, -0.25) is 19.7 Å². The number of carbonyl (C=O) groups is 2. The number of nitrogens with one attached hydrogen (secondary N) is 2. The molecule has 0 heterocycles. The van der Waals surface area contributed by atoms with Crippen LogP contribution in [0.2, 0.25) is 0 Å². The lowest BCUT2D eigenvalue weighted by atomic mass is 10.0. The van der Waals surface area contributed by atoms with E-state index in [1.807, 2.05) is 0 Å². The highest BCUT2D eigenvalue weighted by Gasteiger charge is 2.32. The second kappa shape index (κ2) is 6.74. The van der Waals surface area contributed by atoms with E-state index >= 15 is 0 Å². The third kappa shape index (κ3) is 4.26. The Bertz CT molecular complexity index is 638. The van der Waals surface area contributed by atoms with Crippen LogP contribution in [0.4, 0.5) is 11.4 Å². The summed E-state index contributed by atoms with van der Waals surface area (Å²) in [5.41, 5.74) is -0.210. The van der Waals surface area contributed by atoms with Crippen LogP contribution in [0.5, 0.6) is 0 Å². The summed E-state index contributed by atoms with van der Waals surface area (Å²) in [7, 11) is 0. The molecule has 8 nitrogen and oxygen atoms in total. The van der Waals surface area contributed by atoms with E-state index in [1.54, 1.807) is 6.92 Å². The first kappa shape index (κ1) is 16.9. The van der Waals surface area contributed by atoms with Gasteiger partial charge < -0.3 is 15.7 Å². The second-order valence-corrected chi connectivity index (χ2v) is 5.82. The largest absolute Gasteiger partial charge is 0.388 e. The van der Waals surface area contributed by atoms with Gasteiger partial charge in [-0.1, -0.05) is 12.8 Å². The number of nitro groups is 1. The summed E-state index contributed by atoms with van der Waals surface area (Å²) in [6, 6.07) is 3.94. The van der Waals surface area contributed by atoms with E-state index in [4.69, 9.17) is 0 Å². The third-order valence-electron chi connectivity index (χ3n) is 3.99. The molecule has 0 aromatic heterocycles. The summed E-state index contributed by atoms with van der Waals surface area (Å²) in [6.45, 7) is 1.64. The molecular weight excluding hydrogens is 302 g/mol. The molecule has 2 amide bonds. The molecule has 0 unspecified atom stereocenters. The van der Waals surface area contributed by atoms with E-state index in [-0.39, 0.29) is 12.2 Å². The predicted octanol–water partition coefficient (Wildman–Crippen LogP) is 1.26. The molecule has 2 rings (SSSR count). The zero-order chi connectivity index (χ0) is 17.0. The van der Waals surface area contributed by atoms with Gasteiger partial charge in [0.15, 0.2) is 0 Å². The molecular formula is C15H19N3O5. The fraction of sp³-hybridized carbons (Fsp3) is 0.467. The van der Waals surface area contributed by atoms with Gasteiger partial charge in [0.2, 0.25) is 0 Å². The molecule has 23 heavy (non-hydrogen) atoms. The Morgan fingerprint density at radius 3 is 2.52 bits per heavy atom. The lowest BCUT2D eigenvalue weighted by Gasteiger charge is -2.22. The number of carbonyl (C=O) groups excluding carboxylic acids is 2. The van der Waals surface area contributed by atoms with Gasteiger partial charge in [-0.05, 0) is 31.4 Å². The van der Waals surface area contributed by atoms with Gasteiger partial charge in [-0.15, -0.1) is 0 Å². The highest BCUT2D eigenvalue weighted by Crippen LogP contribution is 2.28. The van der Waals surface area contributed by atoms with Crippen LogP contribution < -0.4 is 10.6 Å². The van der Waals surface area contributed by atoms with Crippen molar-refractivity contribution in [1.82, 2.24) is 5.32 Å². The molecule has 0 aliphatic heterocycles. The van der Waals surface area contributed by atoms with Gasteiger partial charge in [0, 0.05) is 24.4 Å². The molecule has 8 heteroatoms. The molecule has 1 saturated carbocycles. The maximum Gasteiger partial charge on any atom is 0.313 e. The SMILES string of the molecule is Cc1cc([N+](=O)[O-])ccc1NC(=O)C(=O)NCC1(O)CCCC1. The van der Waals surface area contributed by atoms with E-state index in [2.05, 4.69) is 10.6 Å². The Kier molecular flexibility index (Phi) is 4.95. The monoisotopic (exact) mass is 321 g/mol. The number of aryl methyl sites for hydroxylation is 1. The molecule has 1 aromatic rings. The number of non-ortho nitro benzene ring substituents is 1. The number of nitrogens with zero attached hydrogens (tertiary/aromatic N) is 1. The molecule has 0 atom stereocenters. The summed E-state index contributed by atoms with van der Waals surface area (Å²) >= 11 is 0. The summed E-state index contributed by atoms with van der Waals surface area (Å²) in [4.78, 5) is 33.8. The summed E-state index contributed by atoms with van der Waals surface area (Å²) < 4.78 is 0. The quantitative estimate of drug-likeness (QED) is 0.438. The molecule has 1 fully saturated rings. The Morgan fingerprint density at radius 1 is 1.30 bits per heavy atom. The van der Waals surface area contributed by atoms with Crippen LogP contribution >= 0.6 is 0 Å². The Balaban J connectivity index is 1.93. The Morgan fingerprint density at radius 2 is 1.96 bits per heavy atom. The first-order chi connectivity index (χ1) is 10.8. The van der Waals surface area contributed by atoms with Gasteiger partial charge in [0.05, 0.1) is 10.5 Å². The minimum atomic E-state index is -0.931. The Labute approximate surface area is 133 Å². The summed E-state index contributed by atoms with van der Waals surface area (Å²) in [5, 5.41) is 25.6. The van der Waals surface area contributed by atoms with E-state index in [9.17, 15) is 24.8 Å². The van der Waals surface area contributed by atoms with Crippen LogP contribution in [-0.4, -0.2) is 34.0 Å². The number of hydrogen-bond acceptors (Lipinski definition) is 5. The van der Waals surface area contributed by atoms with Crippen molar-refractivity contribution in [2.24, 2.45) is 0 Å². The average Bonchev–Trinajstić information content (AvgIpc) is 2.93. The number of rotatable bonds is 4. The maximum atomic E-state index is 11.9. The van der Waals surface area contributed by atoms with E-state index < -0.39 is 22.3 Å². The molecule has 1 aliphatic rings. The fourth-order valence-electron chi connectivity index (χ4n) is 2.62. The topological polar surface area (TPSA) is 122 Å². The zero-order valence-corrected chi connectivity index (χ0v) is 12.8. The van der Waals surface area contributed by atoms with Crippen LogP contribution in [0, 0.1) is 17.0 Å². The van der Waals surface area contributed by atoms with Crippen molar-refractivity contribution < 1.29 is 19.6 Å². The van der Waals surface area contributed by atoms with E-state index in [0.29, 0.717) is 24.1 Å². The summed E-state index contributed by atoms with van der Waals surface area (Å²) in [6.07, 6.45) is 3.02. The molecule has 0 radical (unpaired) electrons. The van der Waals surface area contributed by atoms with Gasteiger partial charge in [0.1, 0.15) is 0 Å². The number of aliphatic hydroxyl groups is 1. The summed E-state index contributed by atoms with van der Waals surface area (Å²) in [5.74, 6) is -1.72. The second-order valence-electron chi connectivity index (χ2n) is 5.82. The van der Waals surface area contributed by atoms with E-state index in [0.717, 1.165) is 12.8 Å². The fourth-order valence-corrected chi connectivity index (χ4v) is 2.62. The van der Waals surface area contributed by atoms with Crippen LogP contribution in [0.25, 0.3) is 0 Å².